The Morgan fingerprint density at radius 2 is 2.69 bits per heavy atom. The lowest BCUT2D eigenvalue weighted by Crippen LogP contribution is -2.13. The van der Waals surface area contributed by atoms with E-state index in [1.54, 1.807) is 11.3 Å². The van der Waals surface area contributed by atoms with Crippen LogP contribution in [0.2, 0.25) is 0 Å². The summed E-state index contributed by atoms with van der Waals surface area (Å²) in [5.41, 5.74) is 0. The first kappa shape index (κ1) is 10.1. The molecule has 0 radical (unpaired) electrons. The third kappa shape index (κ3) is 3.49. The van der Waals surface area contributed by atoms with Crippen molar-refractivity contribution in [2.45, 2.75) is 6.54 Å². The van der Waals surface area contributed by atoms with Crippen LogP contribution in [-0.2, 0) is 6.54 Å². The van der Waals surface area contributed by atoms with Crippen molar-refractivity contribution in [3.05, 3.63) is 22.4 Å². The van der Waals surface area contributed by atoms with Crippen molar-refractivity contribution in [3.8, 4) is 6.19 Å². The number of aliphatic imine (C=N–C) groups is 1. The Labute approximate surface area is 85.5 Å². The van der Waals surface area contributed by atoms with Gasteiger partial charge in [-0.25, -0.2) is 0 Å². The van der Waals surface area contributed by atoms with Crippen molar-refractivity contribution in [1.82, 2.24) is 5.32 Å². The predicted molar refractivity (Wildman–Crippen MR) is 57.7 cm³/mol. The second kappa shape index (κ2) is 5.62. The van der Waals surface area contributed by atoms with Gasteiger partial charge in [-0.1, -0.05) is 17.8 Å². The number of thioether (sulfide) groups is 1. The lowest BCUT2D eigenvalue weighted by molar-refractivity contribution is 1.09. The van der Waals surface area contributed by atoms with E-state index in [-0.39, 0.29) is 0 Å². The summed E-state index contributed by atoms with van der Waals surface area (Å²) in [7, 11) is 0. The summed E-state index contributed by atoms with van der Waals surface area (Å²) in [5.74, 6) is 0. The lowest BCUT2D eigenvalue weighted by atomic mass is 10.5. The fourth-order valence-corrected chi connectivity index (χ4v) is 1.72. The quantitative estimate of drug-likeness (QED) is 0.352. The third-order valence-corrected chi connectivity index (χ3v) is 2.79. The fourth-order valence-electron chi connectivity index (χ4n) is 0.755. The predicted octanol–water partition coefficient (Wildman–Crippen LogP) is 2.04. The zero-order chi connectivity index (χ0) is 9.52. The Morgan fingerprint density at radius 3 is 3.23 bits per heavy atom. The first-order chi connectivity index (χ1) is 6.36. The molecule has 0 saturated heterocycles. The maximum Gasteiger partial charge on any atom is 0.183 e. The molecule has 0 aromatic carbocycles. The molecule has 1 N–H and O–H groups in total. The van der Waals surface area contributed by atoms with Crippen molar-refractivity contribution in [2.75, 3.05) is 6.26 Å². The molecule has 0 amide bonds. The molecule has 1 rings (SSSR count). The lowest BCUT2D eigenvalue weighted by Gasteiger charge is -1.97. The highest BCUT2D eigenvalue weighted by Gasteiger charge is 1.95. The number of thiophene rings is 1. The third-order valence-electron chi connectivity index (χ3n) is 1.31. The van der Waals surface area contributed by atoms with Crippen LogP contribution in [0.1, 0.15) is 4.88 Å². The molecule has 0 unspecified atom stereocenters. The Bertz CT molecular complexity index is 311. The summed E-state index contributed by atoms with van der Waals surface area (Å²) in [4.78, 5) is 5.43. The number of hydrogen-bond acceptors (Lipinski definition) is 4. The van der Waals surface area contributed by atoms with Crippen LogP contribution in [0.15, 0.2) is 22.5 Å². The number of hydrogen-bond donors (Lipinski definition) is 1. The molecule has 0 aliphatic heterocycles. The van der Waals surface area contributed by atoms with E-state index in [2.05, 4.69) is 10.3 Å². The maximum absolute atomic E-state index is 8.37. The molecule has 68 valence electrons. The zero-order valence-electron chi connectivity index (χ0n) is 7.15. The minimum absolute atomic E-state index is 0.641. The Hall–Kier alpha value is -0.990. The second-order valence-electron chi connectivity index (χ2n) is 2.14. The summed E-state index contributed by atoms with van der Waals surface area (Å²) in [6.45, 7) is 0.641. The molecule has 0 atom stereocenters. The first-order valence-corrected chi connectivity index (χ1v) is 5.73. The Balaban J connectivity index is 2.51. The summed E-state index contributed by atoms with van der Waals surface area (Å²) in [5, 5.41) is 13.6. The van der Waals surface area contributed by atoms with Crippen LogP contribution in [0, 0.1) is 11.5 Å². The van der Waals surface area contributed by atoms with Crippen LogP contribution in [0.4, 0.5) is 0 Å². The smallest absolute Gasteiger partial charge is 0.183 e. The van der Waals surface area contributed by atoms with E-state index in [9.17, 15) is 0 Å². The molecule has 0 spiro atoms. The van der Waals surface area contributed by atoms with E-state index in [1.165, 1.54) is 16.6 Å². The van der Waals surface area contributed by atoms with Gasteiger partial charge in [0, 0.05) is 4.88 Å². The van der Waals surface area contributed by atoms with Crippen molar-refractivity contribution in [1.29, 1.82) is 5.26 Å². The van der Waals surface area contributed by atoms with Crippen LogP contribution >= 0.6 is 23.1 Å². The van der Waals surface area contributed by atoms with Crippen LogP contribution in [0.3, 0.4) is 0 Å². The van der Waals surface area contributed by atoms with Crippen molar-refractivity contribution in [3.63, 3.8) is 0 Å². The molecule has 0 bridgehead atoms. The Kier molecular flexibility index (Phi) is 4.36. The largest absolute Gasteiger partial charge is 0.272 e. The maximum atomic E-state index is 8.37. The molecule has 1 heterocycles. The van der Waals surface area contributed by atoms with Gasteiger partial charge in [0.05, 0.1) is 6.54 Å². The summed E-state index contributed by atoms with van der Waals surface area (Å²) < 4.78 is 0. The first-order valence-electron chi connectivity index (χ1n) is 3.62. The average molecular weight is 211 g/mol. The molecular weight excluding hydrogens is 202 g/mol. The van der Waals surface area contributed by atoms with Crippen molar-refractivity contribution >= 4 is 28.3 Å². The molecule has 5 heteroatoms. The highest BCUT2D eigenvalue weighted by molar-refractivity contribution is 8.13. The van der Waals surface area contributed by atoms with E-state index in [0.717, 1.165) is 0 Å². The van der Waals surface area contributed by atoms with E-state index >= 15 is 0 Å². The minimum Gasteiger partial charge on any atom is -0.272 e. The molecule has 13 heavy (non-hydrogen) atoms. The molecule has 1 aromatic heterocycles. The monoisotopic (exact) mass is 211 g/mol. The van der Waals surface area contributed by atoms with Crippen LogP contribution < -0.4 is 5.32 Å². The SMILES string of the molecule is CSC(=NCc1cccs1)NC#N. The molecular formula is C8H9N3S2. The Morgan fingerprint density at radius 1 is 1.85 bits per heavy atom. The van der Waals surface area contributed by atoms with Gasteiger partial charge in [0.15, 0.2) is 11.4 Å². The zero-order valence-corrected chi connectivity index (χ0v) is 8.78. The average Bonchev–Trinajstić information content (AvgIpc) is 2.64. The number of amidine groups is 1. The summed E-state index contributed by atoms with van der Waals surface area (Å²) in [6, 6.07) is 4.02. The summed E-state index contributed by atoms with van der Waals surface area (Å²) >= 11 is 3.10. The topological polar surface area (TPSA) is 48.2 Å². The van der Waals surface area contributed by atoms with Crippen LogP contribution in [0.25, 0.3) is 0 Å². The molecule has 3 nitrogen and oxygen atoms in total. The van der Waals surface area contributed by atoms with Crippen LogP contribution in [0.5, 0.6) is 0 Å². The van der Waals surface area contributed by atoms with Gasteiger partial charge < -0.3 is 0 Å². The number of nitrogens with zero attached hydrogens (tertiary/aromatic N) is 2. The van der Waals surface area contributed by atoms with Gasteiger partial charge in [-0.3, -0.25) is 10.3 Å². The van der Waals surface area contributed by atoms with Gasteiger partial charge in [-0.15, -0.1) is 11.3 Å². The van der Waals surface area contributed by atoms with Gasteiger partial charge in [-0.05, 0) is 17.7 Å². The van der Waals surface area contributed by atoms with E-state index in [0.29, 0.717) is 11.7 Å². The standard InChI is InChI=1S/C8H9N3S2/c1-12-8(11-6-9)10-5-7-3-2-4-13-7/h2-4H,5H2,1H3,(H,10,11). The molecule has 0 saturated carbocycles. The fraction of sp³-hybridized carbons (Fsp3) is 0.250. The van der Waals surface area contributed by atoms with Crippen LogP contribution in [-0.4, -0.2) is 11.4 Å². The minimum atomic E-state index is 0.641. The van der Waals surface area contributed by atoms with Gasteiger partial charge in [0.25, 0.3) is 0 Å². The molecule has 0 fully saturated rings. The number of rotatable bonds is 2. The van der Waals surface area contributed by atoms with E-state index < -0.39 is 0 Å². The highest BCUT2D eigenvalue weighted by Crippen LogP contribution is 2.10. The van der Waals surface area contributed by atoms with Crippen molar-refractivity contribution in [2.24, 2.45) is 4.99 Å². The highest BCUT2D eigenvalue weighted by atomic mass is 32.2. The normalized spacial score (nSPS) is 10.9. The van der Waals surface area contributed by atoms with E-state index in [4.69, 9.17) is 5.26 Å². The summed E-state index contributed by atoms with van der Waals surface area (Å²) in [6.07, 6.45) is 3.74. The van der Waals surface area contributed by atoms with Gasteiger partial charge >= 0.3 is 0 Å². The van der Waals surface area contributed by atoms with Gasteiger partial charge in [0.2, 0.25) is 0 Å². The molecule has 1 aromatic rings. The molecule has 0 aliphatic carbocycles. The van der Waals surface area contributed by atoms with Gasteiger partial charge in [-0.2, -0.15) is 5.26 Å². The number of nitrogens with one attached hydrogen (secondary N) is 1. The molecule has 0 aliphatic rings. The van der Waals surface area contributed by atoms with Crippen molar-refractivity contribution < 1.29 is 0 Å². The van der Waals surface area contributed by atoms with E-state index in [1.807, 2.05) is 30.0 Å². The number of nitriles is 1. The van der Waals surface area contributed by atoms with Gasteiger partial charge in [0.1, 0.15) is 0 Å². The second-order valence-corrected chi connectivity index (χ2v) is 3.97.